The molecule has 1 fully saturated rings. The molecule has 1 N–H and O–H groups in total. The number of aromatic nitrogens is 2. The minimum Gasteiger partial charge on any atom is -0.461 e. The van der Waals surface area contributed by atoms with Crippen molar-refractivity contribution in [1.29, 1.82) is 0 Å². The van der Waals surface area contributed by atoms with E-state index in [1.54, 1.807) is 18.7 Å². The predicted octanol–water partition coefficient (Wildman–Crippen LogP) is 2.06. The van der Waals surface area contributed by atoms with Crippen LogP contribution in [0.4, 0.5) is 0 Å². The molecule has 1 aliphatic carbocycles. The van der Waals surface area contributed by atoms with Crippen LogP contribution in [0.15, 0.2) is 30.3 Å². The first-order chi connectivity index (χ1) is 14.3. The highest BCUT2D eigenvalue weighted by Gasteiger charge is 2.53. The summed E-state index contributed by atoms with van der Waals surface area (Å²) < 4.78 is 6.46. The monoisotopic (exact) mass is 410 g/mol. The fourth-order valence-electron chi connectivity index (χ4n) is 3.89. The second-order valence-electron chi connectivity index (χ2n) is 8.14. The summed E-state index contributed by atoms with van der Waals surface area (Å²) in [6, 6.07) is 9.43. The predicted molar refractivity (Wildman–Crippen MR) is 109 cm³/mol. The zero-order valence-corrected chi connectivity index (χ0v) is 17.5. The van der Waals surface area contributed by atoms with Crippen LogP contribution in [0, 0.1) is 6.92 Å². The third-order valence-corrected chi connectivity index (χ3v) is 5.67. The van der Waals surface area contributed by atoms with Crippen molar-refractivity contribution >= 4 is 17.8 Å². The van der Waals surface area contributed by atoms with Crippen LogP contribution in [0.25, 0.3) is 0 Å². The number of amides is 2. The molecule has 8 heteroatoms. The van der Waals surface area contributed by atoms with Gasteiger partial charge in [0.05, 0.1) is 13.2 Å². The van der Waals surface area contributed by atoms with Gasteiger partial charge in [0.25, 0.3) is 5.91 Å². The molecule has 4 rings (SSSR count). The van der Waals surface area contributed by atoms with E-state index in [1.165, 1.54) is 10.7 Å². The van der Waals surface area contributed by atoms with E-state index in [9.17, 15) is 14.4 Å². The highest BCUT2D eigenvalue weighted by Crippen LogP contribution is 2.38. The maximum absolute atomic E-state index is 13.3. The molecule has 1 aliphatic heterocycles. The standard InChI is InChI=1S/C22H26N4O4/c1-4-30-20(28)17-11-18-19(27)26(16-9-10-16)22(3,13-25(18)24-17)21(29)23-12-15-7-5-14(2)6-8-15/h5-8,11,16H,4,9-10,12-13H2,1-3H3,(H,23,29)/t22-/m0/s1. The Labute approximate surface area is 175 Å². The van der Waals surface area contributed by atoms with E-state index in [1.807, 2.05) is 31.2 Å². The molecule has 0 radical (unpaired) electrons. The molecular formula is C22H26N4O4. The Morgan fingerprint density at radius 1 is 1.27 bits per heavy atom. The van der Waals surface area contributed by atoms with Crippen molar-refractivity contribution in [3.8, 4) is 0 Å². The molecule has 2 aliphatic rings. The first-order valence-electron chi connectivity index (χ1n) is 10.3. The molecule has 1 aromatic heterocycles. The SMILES string of the molecule is CCOC(=O)c1cc2n(n1)C[C@@](C)(C(=O)NCc1ccc(C)cc1)N(C1CC1)C2=O. The molecule has 158 valence electrons. The average molecular weight is 410 g/mol. The van der Waals surface area contributed by atoms with Gasteiger partial charge in [-0.1, -0.05) is 29.8 Å². The number of esters is 1. The highest BCUT2D eigenvalue weighted by molar-refractivity contribution is 6.01. The summed E-state index contributed by atoms with van der Waals surface area (Å²) in [7, 11) is 0. The molecule has 0 saturated heterocycles. The molecule has 1 aromatic carbocycles. The van der Waals surface area contributed by atoms with Crippen LogP contribution in [0.2, 0.25) is 0 Å². The fraction of sp³-hybridized carbons (Fsp3) is 0.455. The van der Waals surface area contributed by atoms with Crippen LogP contribution in [0.1, 0.15) is 58.8 Å². The Bertz CT molecular complexity index is 993. The number of benzene rings is 1. The number of carbonyl (C=O) groups is 3. The fourth-order valence-corrected chi connectivity index (χ4v) is 3.89. The van der Waals surface area contributed by atoms with Crippen LogP contribution < -0.4 is 5.32 Å². The van der Waals surface area contributed by atoms with E-state index in [4.69, 9.17) is 4.74 Å². The van der Waals surface area contributed by atoms with Gasteiger partial charge in [0, 0.05) is 18.7 Å². The van der Waals surface area contributed by atoms with Gasteiger partial charge in [-0.15, -0.1) is 0 Å². The second-order valence-corrected chi connectivity index (χ2v) is 8.14. The number of aryl methyl sites for hydroxylation is 1. The molecule has 0 unspecified atom stereocenters. The summed E-state index contributed by atoms with van der Waals surface area (Å²) >= 11 is 0. The summed E-state index contributed by atoms with van der Waals surface area (Å²) in [5.74, 6) is -1.09. The Kier molecular flexibility index (Phi) is 5.09. The first kappa shape index (κ1) is 20.1. The Hall–Kier alpha value is -3.16. The minimum atomic E-state index is -1.09. The van der Waals surface area contributed by atoms with E-state index in [0.717, 1.165) is 24.0 Å². The summed E-state index contributed by atoms with van der Waals surface area (Å²) in [5, 5.41) is 7.23. The average Bonchev–Trinajstić information content (AvgIpc) is 3.45. The van der Waals surface area contributed by atoms with E-state index in [2.05, 4.69) is 10.4 Å². The van der Waals surface area contributed by atoms with Crippen molar-refractivity contribution in [1.82, 2.24) is 20.0 Å². The van der Waals surface area contributed by atoms with Gasteiger partial charge >= 0.3 is 5.97 Å². The van der Waals surface area contributed by atoms with E-state index >= 15 is 0 Å². The van der Waals surface area contributed by atoms with Gasteiger partial charge < -0.3 is 15.0 Å². The maximum atomic E-state index is 13.3. The number of hydrogen-bond acceptors (Lipinski definition) is 5. The minimum absolute atomic E-state index is 0.0299. The lowest BCUT2D eigenvalue weighted by Crippen LogP contribution is -2.64. The zero-order chi connectivity index (χ0) is 21.5. The smallest absolute Gasteiger partial charge is 0.358 e. The van der Waals surface area contributed by atoms with Gasteiger partial charge in [-0.3, -0.25) is 14.3 Å². The lowest BCUT2D eigenvalue weighted by atomic mass is 9.94. The zero-order valence-electron chi connectivity index (χ0n) is 17.5. The molecular weight excluding hydrogens is 384 g/mol. The van der Waals surface area contributed by atoms with Crippen molar-refractivity contribution in [2.45, 2.75) is 58.3 Å². The lowest BCUT2D eigenvalue weighted by Gasteiger charge is -2.43. The van der Waals surface area contributed by atoms with Crippen molar-refractivity contribution in [3.05, 3.63) is 52.8 Å². The molecule has 1 saturated carbocycles. The number of hydrogen-bond donors (Lipinski definition) is 1. The number of carbonyl (C=O) groups excluding carboxylic acids is 3. The number of ether oxygens (including phenoxy) is 1. The number of nitrogens with one attached hydrogen (secondary N) is 1. The van der Waals surface area contributed by atoms with E-state index in [-0.39, 0.29) is 36.7 Å². The van der Waals surface area contributed by atoms with E-state index in [0.29, 0.717) is 12.2 Å². The third kappa shape index (κ3) is 3.58. The topological polar surface area (TPSA) is 93.5 Å². The maximum Gasteiger partial charge on any atom is 0.358 e. The highest BCUT2D eigenvalue weighted by atomic mass is 16.5. The molecule has 0 spiro atoms. The van der Waals surface area contributed by atoms with Crippen LogP contribution in [0.3, 0.4) is 0 Å². The van der Waals surface area contributed by atoms with Crippen molar-refractivity contribution in [2.24, 2.45) is 0 Å². The van der Waals surface area contributed by atoms with Crippen molar-refractivity contribution < 1.29 is 19.1 Å². The first-order valence-corrected chi connectivity index (χ1v) is 10.3. The third-order valence-electron chi connectivity index (χ3n) is 5.67. The number of nitrogens with zero attached hydrogens (tertiary/aromatic N) is 3. The molecule has 2 amide bonds. The second kappa shape index (κ2) is 7.59. The van der Waals surface area contributed by atoms with Gasteiger partial charge in [0.15, 0.2) is 5.69 Å². The normalized spacial score (nSPS) is 20.6. The van der Waals surface area contributed by atoms with Crippen molar-refractivity contribution in [3.63, 3.8) is 0 Å². The van der Waals surface area contributed by atoms with Crippen LogP contribution in [-0.4, -0.2) is 50.7 Å². The summed E-state index contributed by atoms with van der Waals surface area (Å²) in [5.41, 5.74) is 1.45. The van der Waals surface area contributed by atoms with Gasteiger partial charge in [0.1, 0.15) is 11.2 Å². The molecule has 30 heavy (non-hydrogen) atoms. The van der Waals surface area contributed by atoms with Gasteiger partial charge in [-0.05, 0) is 39.2 Å². The van der Waals surface area contributed by atoms with Crippen LogP contribution >= 0.6 is 0 Å². The number of fused-ring (bicyclic) bond motifs is 1. The lowest BCUT2D eigenvalue weighted by molar-refractivity contribution is -0.133. The van der Waals surface area contributed by atoms with E-state index < -0.39 is 11.5 Å². The molecule has 1 atom stereocenters. The Morgan fingerprint density at radius 3 is 2.60 bits per heavy atom. The molecule has 2 heterocycles. The summed E-state index contributed by atoms with van der Waals surface area (Å²) in [6.45, 7) is 6.27. The van der Waals surface area contributed by atoms with Gasteiger partial charge in [-0.25, -0.2) is 4.79 Å². The number of rotatable bonds is 6. The molecule has 2 aromatic rings. The van der Waals surface area contributed by atoms with Gasteiger partial charge in [0.2, 0.25) is 5.91 Å². The molecule has 8 nitrogen and oxygen atoms in total. The Morgan fingerprint density at radius 2 is 1.97 bits per heavy atom. The van der Waals surface area contributed by atoms with Crippen LogP contribution in [-0.2, 0) is 22.6 Å². The summed E-state index contributed by atoms with van der Waals surface area (Å²) in [4.78, 5) is 40.3. The summed E-state index contributed by atoms with van der Waals surface area (Å²) in [6.07, 6.45) is 1.73. The quantitative estimate of drug-likeness (QED) is 0.736. The van der Waals surface area contributed by atoms with Crippen molar-refractivity contribution in [2.75, 3.05) is 6.61 Å². The molecule has 0 bridgehead atoms. The Balaban J connectivity index is 1.59. The largest absolute Gasteiger partial charge is 0.461 e. The van der Waals surface area contributed by atoms with Crippen LogP contribution in [0.5, 0.6) is 0 Å². The van der Waals surface area contributed by atoms with Gasteiger partial charge in [-0.2, -0.15) is 5.10 Å².